The molecule has 1 aromatic carbocycles. The number of likely N-dealkylation sites (N-methyl/N-ethyl adjacent to an activating group) is 1. The smallest absolute Gasteiger partial charge is 0.401 e. The number of hydrogen-bond donors (Lipinski definition) is 2. The molecule has 6 nitrogen and oxygen atoms in total. The quantitative estimate of drug-likeness (QED) is 0.624. The van der Waals surface area contributed by atoms with Gasteiger partial charge in [-0.3, -0.25) is 9.89 Å². The maximum atomic E-state index is 12.3. The minimum Gasteiger partial charge on any atom is -0.490 e. The molecule has 2 N–H and O–H groups in total. The number of nitrogens with one attached hydrogen (secondary N) is 2. The number of benzene rings is 1. The van der Waals surface area contributed by atoms with E-state index in [1.165, 1.54) is 11.9 Å². The second kappa shape index (κ2) is 8.80. The van der Waals surface area contributed by atoms with Crippen LogP contribution in [0.4, 0.5) is 18.9 Å². The van der Waals surface area contributed by atoms with E-state index in [0.717, 1.165) is 12.1 Å². The predicted octanol–water partition coefficient (Wildman–Crippen LogP) is 2.33. The SMILES string of the molecule is CN=C(NCCN(C)CC(F)(F)F)Nc1ccc2c(c1)OCCCO2. The highest BCUT2D eigenvalue weighted by Gasteiger charge is 2.28. The van der Waals surface area contributed by atoms with E-state index >= 15 is 0 Å². The molecular formula is C16H23F3N4O2. The van der Waals surface area contributed by atoms with Crippen molar-refractivity contribution in [2.75, 3.05) is 52.3 Å². The van der Waals surface area contributed by atoms with Crippen molar-refractivity contribution in [2.24, 2.45) is 4.99 Å². The minimum atomic E-state index is -4.20. The molecule has 0 radical (unpaired) electrons. The summed E-state index contributed by atoms with van der Waals surface area (Å²) in [6, 6.07) is 5.45. The Labute approximate surface area is 145 Å². The lowest BCUT2D eigenvalue weighted by molar-refractivity contribution is -0.142. The van der Waals surface area contributed by atoms with Crippen LogP contribution in [-0.2, 0) is 0 Å². The van der Waals surface area contributed by atoms with Gasteiger partial charge in [0.25, 0.3) is 0 Å². The van der Waals surface area contributed by atoms with E-state index in [-0.39, 0.29) is 6.54 Å². The number of halogens is 3. The van der Waals surface area contributed by atoms with Crippen LogP contribution in [0.1, 0.15) is 6.42 Å². The molecule has 0 saturated heterocycles. The van der Waals surface area contributed by atoms with Crippen LogP contribution in [0.25, 0.3) is 0 Å². The molecule has 0 fully saturated rings. The Morgan fingerprint density at radius 3 is 2.64 bits per heavy atom. The molecule has 0 aliphatic carbocycles. The van der Waals surface area contributed by atoms with Crippen molar-refractivity contribution < 1.29 is 22.6 Å². The fourth-order valence-electron chi connectivity index (χ4n) is 2.31. The van der Waals surface area contributed by atoms with Crippen LogP contribution in [0.5, 0.6) is 11.5 Å². The first kappa shape index (κ1) is 19.2. The second-order valence-corrected chi connectivity index (χ2v) is 5.69. The van der Waals surface area contributed by atoms with Crippen LogP contribution >= 0.6 is 0 Å². The van der Waals surface area contributed by atoms with Crippen LogP contribution < -0.4 is 20.1 Å². The average molecular weight is 360 g/mol. The van der Waals surface area contributed by atoms with Gasteiger partial charge in [0.15, 0.2) is 17.5 Å². The molecule has 0 aromatic heterocycles. The molecule has 9 heteroatoms. The van der Waals surface area contributed by atoms with Crippen LogP contribution in [-0.4, -0.2) is 64.0 Å². The van der Waals surface area contributed by atoms with Crippen molar-refractivity contribution in [3.05, 3.63) is 18.2 Å². The molecular weight excluding hydrogens is 337 g/mol. The second-order valence-electron chi connectivity index (χ2n) is 5.69. The summed E-state index contributed by atoms with van der Waals surface area (Å²) in [5, 5.41) is 6.07. The molecule has 0 unspecified atom stereocenters. The first-order valence-corrected chi connectivity index (χ1v) is 8.00. The van der Waals surface area contributed by atoms with Gasteiger partial charge < -0.3 is 20.1 Å². The predicted molar refractivity (Wildman–Crippen MR) is 90.6 cm³/mol. The number of hydrogen-bond acceptors (Lipinski definition) is 4. The van der Waals surface area contributed by atoms with Gasteiger partial charge in [0.1, 0.15) is 0 Å². The number of fused-ring (bicyclic) bond motifs is 1. The zero-order valence-corrected chi connectivity index (χ0v) is 14.3. The van der Waals surface area contributed by atoms with Crippen LogP contribution in [0.15, 0.2) is 23.2 Å². The molecule has 0 amide bonds. The zero-order valence-electron chi connectivity index (χ0n) is 14.3. The van der Waals surface area contributed by atoms with Gasteiger partial charge in [-0.1, -0.05) is 0 Å². The Kier molecular flexibility index (Phi) is 6.74. The van der Waals surface area contributed by atoms with E-state index in [4.69, 9.17) is 9.47 Å². The van der Waals surface area contributed by atoms with Crippen molar-refractivity contribution in [1.82, 2.24) is 10.2 Å². The van der Waals surface area contributed by atoms with Gasteiger partial charge in [-0.25, -0.2) is 0 Å². The topological polar surface area (TPSA) is 58.1 Å². The molecule has 1 aliphatic heterocycles. The third kappa shape index (κ3) is 6.69. The normalized spacial score (nSPS) is 15.0. The number of nitrogens with zero attached hydrogens (tertiary/aromatic N) is 2. The molecule has 0 atom stereocenters. The molecule has 0 spiro atoms. The largest absolute Gasteiger partial charge is 0.490 e. The Bertz CT molecular complexity index is 593. The summed E-state index contributed by atoms with van der Waals surface area (Å²) in [6.45, 7) is 0.838. The van der Waals surface area contributed by atoms with Crippen molar-refractivity contribution >= 4 is 11.6 Å². The number of alkyl halides is 3. The average Bonchev–Trinajstić information content (AvgIpc) is 2.77. The summed E-state index contributed by atoms with van der Waals surface area (Å²) in [6.07, 6.45) is -3.37. The standard InChI is InChI=1S/C16H23F3N4O2/c1-20-15(21-6-7-23(2)11-16(17,18)19)22-12-4-5-13-14(10-12)25-9-3-8-24-13/h4-5,10H,3,6-9,11H2,1-2H3,(H2,20,21,22). The van der Waals surface area contributed by atoms with Crippen LogP contribution in [0.3, 0.4) is 0 Å². The lowest BCUT2D eigenvalue weighted by Gasteiger charge is -2.19. The molecule has 0 saturated carbocycles. The van der Waals surface area contributed by atoms with Crippen molar-refractivity contribution in [3.63, 3.8) is 0 Å². The molecule has 1 aliphatic rings. The van der Waals surface area contributed by atoms with Crippen molar-refractivity contribution in [2.45, 2.75) is 12.6 Å². The van der Waals surface area contributed by atoms with Gasteiger partial charge >= 0.3 is 6.18 Å². The number of anilines is 1. The third-order valence-corrected chi connectivity index (χ3v) is 3.47. The number of guanidine groups is 1. The first-order chi connectivity index (χ1) is 11.9. The summed E-state index contributed by atoms with van der Waals surface area (Å²) >= 11 is 0. The van der Waals surface area contributed by atoms with E-state index < -0.39 is 12.7 Å². The summed E-state index contributed by atoms with van der Waals surface area (Å²) in [5.74, 6) is 1.82. The summed E-state index contributed by atoms with van der Waals surface area (Å²) < 4.78 is 48.1. The maximum Gasteiger partial charge on any atom is 0.401 e. The highest BCUT2D eigenvalue weighted by Crippen LogP contribution is 2.32. The van der Waals surface area contributed by atoms with Crippen molar-refractivity contribution in [1.29, 1.82) is 0 Å². The summed E-state index contributed by atoms with van der Waals surface area (Å²) in [4.78, 5) is 5.27. The van der Waals surface area contributed by atoms with E-state index in [1.807, 2.05) is 18.2 Å². The first-order valence-electron chi connectivity index (χ1n) is 8.00. The van der Waals surface area contributed by atoms with Crippen LogP contribution in [0, 0.1) is 0 Å². The molecule has 25 heavy (non-hydrogen) atoms. The van der Waals surface area contributed by atoms with Gasteiger partial charge in [0.2, 0.25) is 0 Å². The molecule has 1 aromatic rings. The van der Waals surface area contributed by atoms with Gasteiger partial charge in [-0.15, -0.1) is 0 Å². The summed E-state index contributed by atoms with van der Waals surface area (Å²) in [5.41, 5.74) is 0.751. The van der Waals surface area contributed by atoms with Crippen molar-refractivity contribution in [3.8, 4) is 11.5 Å². The highest BCUT2D eigenvalue weighted by atomic mass is 19.4. The monoisotopic (exact) mass is 360 g/mol. The molecule has 1 heterocycles. The minimum absolute atomic E-state index is 0.237. The molecule has 140 valence electrons. The number of aliphatic imine (C=N–C) groups is 1. The Morgan fingerprint density at radius 1 is 1.24 bits per heavy atom. The fourth-order valence-corrected chi connectivity index (χ4v) is 2.31. The lowest BCUT2D eigenvalue weighted by atomic mass is 10.3. The van der Waals surface area contributed by atoms with Gasteiger partial charge in [-0.2, -0.15) is 13.2 Å². The van der Waals surface area contributed by atoms with E-state index in [2.05, 4.69) is 15.6 Å². The fraction of sp³-hybridized carbons (Fsp3) is 0.562. The number of ether oxygens (including phenoxy) is 2. The Balaban J connectivity index is 1.85. The van der Waals surface area contributed by atoms with Crippen LogP contribution in [0.2, 0.25) is 0 Å². The maximum absolute atomic E-state index is 12.3. The zero-order chi connectivity index (χ0) is 18.3. The lowest BCUT2D eigenvalue weighted by Crippen LogP contribution is -2.39. The third-order valence-electron chi connectivity index (χ3n) is 3.47. The van der Waals surface area contributed by atoms with Gasteiger partial charge in [0, 0.05) is 38.3 Å². The summed E-state index contributed by atoms with van der Waals surface area (Å²) in [7, 11) is 3.02. The molecule has 2 rings (SSSR count). The molecule has 0 bridgehead atoms. The van der Waals surface area contributed by atoms with Gasteiger partial charge in [0.05, 0.1) is 19.8 Å². The Hall–Kier alpha value is -2.16. The van der Waals surface area contributed by atoms with E-state index in [1.54, 1.807) is 7.05 Å². The highest BCUT2D eigenvalue weighted by molar-refractivity contribution is 5.93. The number of rotatable bonds is 5. The van der Waals surface area contributed by atoms with E-state index in [0.29, 0.717) is 37.2 Å². The Morgan fingerprint density at radius 2 is 1.96 bits per heavy atom. The van der Waals surface area contributed by atoms with Gasteiger partial charge in [-0.05, 0) is 19.2 Å². The van der Waals surface area contributed by atoms with E-state index in [9.17, 15) is 13.2 Å².